The highest BCUT2D eigenvalue weighted by Crippen LogP contribution is 2.08. The van der Waals surface area contributed by atoms with Crippen LogP contribution in [0, 0.1) is 5.92 Å². The molecule has 2 heteroatoms. The number of rotatable bonds is 2. The highest BCUT2D eigenvalue weighted by Gasteiger charge is 2.20. The molecule has 0 N–H and O–H groups in total. The molecule has 0 amide bonds. The van der Waals surface area contributed by atoms with Crippen molar-refractivity contribution < 1.29 is 0 Å². The smallest absolute Gasteiger partial charge is 0.0192 e. The minimum atomic E-state index is 0.734. The number of likely N-dealkylation sites (N-methyl/N-ethyl adjacent to an activating group) is 1. The largest absolute Gasteiger partial charge is 0.301 e. The van der Waals surface area contributed by atoms with Crippen LogP contribution in [0.5, 0.6) is 0 Å². The van der Waals surface area contributed by atoms with Crippen molar-refractivity contribution >= 4 is 0 Å². The number of nitrogens with zero attached hydrogens (tertiary/aromatic N) is 2. The minimum absolute atomic E-state index is 0.734. The molecule has 1 saturated heterocycles. The molecule has 0 aromatic rings. The molecule has 1 fully saturated rings. The minimum Gasteiger partial charge on any atom is -0.301 e. The van der Waals surface area contributed by atoms with Gasteiger partial charge in [-0.05, 0) is 19.9 Å². The van der Waals surface area contributed by atoms with Crippen LogP contribution in [0.3, 0.4) is 0 Å². The molecule has 0 unspecified atom stereocenters. The van der Waals surface area contributed by atoms with Gasteiger partial charge in [0.15, 0.2) is 0 Å². The van der Waals surface area contributed by atoms with E-state index >= 15 is 0 Å². The van der Waals surface area contributed by atoms with E-state index in [1.165, 1.54) is 26.2 Å². The van der Waals surface area contributed by atoms with Crippen molar-refractivity contribution in [1.29, 1.82) is 0 Å². The van der Waals surface area contributed by atoms with Gasteiger partial charge in [-0.15, -0.1) is 0 Å². The van der Waals surface area contributed by atoms with E-state index in [1.807, 2.05) is 0 Å². The molecule has 0 aromatic heterocycles. The lowest BCUT2D eigenvalue weighted by Gasteiger charge is -2.38. The van der Waals surface area contributed by atoms with Gasteiger partial charge in [-0.3, -0.25) is 0 Å². The molecule has 12 heavy (non-hydrogen) atoms. The first kappa shape index (κ1) is 10.0. The Hall–Kier alpha value is -0.0800. The zero-order valence-electron chi connectivity index (χ0n) is 8.88. The molecule has 0 radical (unpaired) electrons. The predicted molar refractivity (Wildman–Crippen MR) is 53.4 cm³/mol. The quantitative estimate of drug-likeness (QED) is 0.616. The van der Waals surface area contributed by atoms with Crippen LogP contribution in [0.4, 0.5) is 0 Å². The molecule has 0 spiro atoms. The molecule has 0 bridgehead atoms. The van der Waals surface area contributed by atoms with Crippen LogP contribution in [0.2, 0.25) is 0 Å². The fraction of sp³-hybridized carbons (Fsp3) is 1.00. The Morgan fingerprint density at radius 1 is 1.33 bits per heavy atom. The molecule has 1 atom stereocenters. The molecule has 1 heterocycles. The number of hydrogen-bond donors (Lipinski definition) is 0. The normalized spacial score (nSPS) is 28.2. The first-order chi connectivity index (χ1) is 5.59. The number of piperazine rings is 1. The summed E-state index contributed by atoms with van der Waals surface area (Å²) >= 11 is 0. The lowest BCUT2D eigenvalue weighted by Crippen LogP contribution is -2.50. The molecule has 2 nitrogen and oxygen atoms in total. The van der Waals surface area contributed by atoms with Gasteiger partial charge >= 0.3 is 0 Å². The van der Waals surface area contributed by atoms with E-state index in [-0.39, 0.29) is 0 Å². The molecular formula is C10H22N2. The SMILES string of the molecule is CC(C)CN1CCN(C)[C@H](C)C1. The maximum absolute atomic E-state index is 2.58. The van der Waals surface area contributed by atoms with Gasteiger partial charge in [-0.2, -0.15) is 0 Å². The Morgan fingerprint density at radius 3 is 2.50 bits per heavy atom. The third-order valence-corrected chi connectivity index (χ3v) is 2.67. The van der Waals surface area contributed by atoms with E-state index in [1.54, 1.807) is 0 Å². The average Bonchev–Trinajstić information content (AvgIpc) is 1.96. The molecule has 0 aliphatic carbocycles. The first-order valence-corrected chi connectivity index (χ1v) is 5.02. The second-order valence-corrected chi connectivity index (χ2v) is 4.48. The highest BCUT2D eigenvalue weighted by atomic mass is 15.3. The van der Waals surface area contributed by atoms with Gasteiger partial charge in [0.25, 0.3) is 0 Å². The van der Waals surface area contributed by atoms with Crippen molar-refractivity contribution in [2.24, 2.45) is 5.92 Å². The zero-order valence-corrected chi connectivity index (χ0v) is 8.88. The fourth-order valence-electron chi connectivity index (χ4n) is 1.81. The van der Waals surface area contributed by atoms with Crippen LogP contribution in [-0.2, 0) is 0 Å². The van der Waals surface area contributed by atoms with Gasteiger partial charge in [-0.25, -0.2) is 0 Å². The van der Waals surface area contributed by atoms with Gasteiger partial charge in [-0.1, -0.05) is 13.8 Å². The van der Waals surface area contributed by atoms with Gasteiger partial charge in [0.1, 0.15) is 0 Å². The maximum Gasteiger partial charge on any atom is 0.0192 e. The van der Waals surface area contributed by atoms with Crippen molar-refractivity contribution in [3.63, 3.8) is 0 Å². The van der Waals surface area contributed by atoms with E-state index < -0.39 is 0 Å². The van der Waals surface area contributed by atoms with Crippen molar-refractivity contribution in [3.05, 3.63) is 0 Å². The van der Waals surface area contributed by atoms with E-state index in [2.05, 4.69) is 37.6 Å². The summed E-state index contributed by atoms with van der Waals surface area (Å²) in [6.07, 6.45) is 0. The zero-order chi connectivity index (χ0) is 9.14. The summed E-state index contributed by atoms with van der Waals surface area (Å²) in [5.74, 6) is 0.806. The Kier molecular flexibility index (Phi) is 3.53. The van der Waals surface area contributed by atoms with Gasteiger partial charge in [0.05, 0.1) is 0 Å². The monoisotopic (exact) mass is 170 g/mol. The molecule has 1 rings (SSSR count). The fourth-order valence-corrected chi connectivity index (χ4v) is 1.81. The van der Waals surface area contributed by atoms with Crippen molar-refractivity contribution in [2.75, 3.05) is 33.2 Å². The Bertz CT molecular complexity index is 134. The third-order valence-electron chi connectivity index (χ3n) is 2.67. The molecular weight excluding hydrogens is 148 g/mol. The van der Waals surface area contributed by atoms with E-state index in [9.17, 15) is 0 Å². The summed E-state index contributed by atoms with van der Waals surface area (Å²) < 4.78 is 0. The van der Waals surface area contributed by atoms with E-state index in [4.69, 9.17) is 0 Å². The number of hydrogen-bond acceptors (Lipinski definition) is 2. The van der Waals surface area contributed by atoms with Crippen LogP contribution >= 0.6 is 0 Å². The third kappa shape index (κ3) is 2.76. The van der Waals surface area contributed by atoms with Crippen LogP contribution in [0.1, 0.15) is 20.8 Å². The van der Waals surface area contributed by atoms with Crippen LogP contribution in [0.15, 0.2) is 0 Å². The molecule has 72 valence electrons. The lowest BCUT2D eigenvalue weighted by molar-refractivity contribution is 0.0963. The standard InChI is InChI=1S/C10H22N2/c1-9(2)7-12-6-5-11(4)10(3)8-12/h9-10H,5-8H2,1-4H3/t10-/m1/s1. The van der Waals surface area contributed by atoms with E-state index in [0.29, 0.717) is 0 Å². The molecule has 1 aliphatic rings. The van der Waals surface area contributed by atoms with Gasteiger partial charge < -0.3 is 9.80 Å². The highest BCUT2D eigenvalue weighted by molar-refractivity contribution is 4.76. The predicted octanol–water partition coefficient (Wildman–Crippen LogP) is 1.28. The topological polar surface area (TPSA) is 6.48 Å². The van der Waals surface area contributed by atoms with E-state index in [0.717, 1.165) is 12.0 Å². The lowest BCUT2D eigenvalue weighted by atomic mass is 10.1. The Balaban J connectivity index is 2.30. The Labute approximate surface area is 76.5 Å². The summed E-state index contributed by atoms with van der Waals surface area (Å²) in [4.78, 5) is 5.02. The van der Waals surface area contributed by atoms with Gasteiger partial charge in [0, 0.05) is 32.2 Å². The second kappa shape index (κ2) is 4.24. The molecule has 1 aliphatic heterocycles. The van der Waals surface area contributed by atoms with Crippen molar-refractivity contribution in [1.82, 2.24) is 9.80 Å². The van der Waals surface area contributed by atoms with Crippen LogP contribution in [-0.4, -0.2) is 49.1 Å². The first-order valence-electron chi connectivity index (χ1n) is 5.02. The maximum atomic E-state index is 2.58. The van der Waals surface area contributed by atoms with Crippen LogP contribution < -0.4 is 0 Å². The summed E-state index contributed by atoms with van der Waals surface area (Å²) in [6.45, 7) is 11.9. The molecule has 0 aromatic carbocycles. The summed E-state index contributed by atoms with van der Waals surface area (Å²) in [7, 11) is 2.22. The van der Waals surface area contributed by atoms with Crippen molar-refractivity contribution in [3.8, 4) is 0 Å². The summed E-state index contributed by atoms with van der Waals surface area (Å²) in [5.41, 5.74) is 0. The van der Waals surface area contributed by atoms with Crippen molar-refractivity contribution in [2.45, 2.75) is 26.8 Å². The Morgan fingerprint density at radius 2 is 2.00 bits per heavy atom. The average molecular weight is 170 g/mol. The summed E-state index contributed by atoms with van der Waals surface area (Å²) in [5, 5.41) is 0. The van der Waals surface area contributed by atoms with Crippen LogP contribution in [0.25, 0.3) is 0 Å². The second-order valence-electron chi connectivity index (χ2n) is 4.48. The summed E-state index contributed by atoms with van der Waals surface area (Å²) in [6, 6.07) is 0.734. The molecule has 0 saturated carbocycles. The van der Waals surface area contributed by atoms with Gasteiger partial charge in [0.2, 0.25) is 0 Å².